The van der Waals surface area contributed by atoms with Crippen LogP contribution in [0.3, 0.4) is 0 Å². The summed E-state index contributed by atoms with van der Waals surface area (Å²) in [4.78, 5) is 26.3. The zero-order chi connectivity index (χ0) is 17.8. The molecule has 0 aromatic carbocycles. The maximum Gasteiger partial charge on any atom is 0.407 e. The molecule has 1 saturated heterocycles. The number of hydrogen-bond acceptors (Lipinski definition) is 4. The van der Waals surface area contributed by atoms with Gasteiger partial charge in [-0.3, -0.25) is 4.79 Å². The lowest BCUT2D eigenvalue weighted by atomic mass is 10.0. The van der Waals surface area contributed by atoms with Gasteiger partial charge in [0.05, 0.1) is 6.04 Å². The van der Waals surface area contributed by atoms with Crippen LogP contribution >= 0.6 is 0 Å². The third-order valence-electron chi connectivity index (χ3n) is 4.88. The van der Waals surface area contributed by atoms with Crippen molar-refractivity contribution in [1.82, 2.24) is 10.2 Å². The third kappa shape index (κ3) is 5.36. The Bertz CT molecular complexity index is 454. The maximum atomic E-state index is 12.4. The Morgan fingerprint density at radius 1 is 1.21 bits per heavy atom. The van der Waals surface area contributed by atoms with E-state index in [9.17, 15) is 9.59 Å². The Hall–Kier alpha value is -1.30. The molecule has 0 bridgehead atoms. The second-order valence-corrected chi connectivity index (χ2v) is 8.22. The van der Waals surface area contributed by atoms with Crippen molar-refractivity contribution in [3.8, 4) is 0 Å². The zero-order valence-corrected chi connectivity index (χ0v) is 15.3. The van der Waals surface area contributed by atoms with Gasteiger partial charge in [0.15, 0.2) is 0 Å². The van der Waals surface area contributed by atoms with Crippen molar-refractivity contribution in [3.05, 3.63) is 0 Å². The lowest BCUT2D eigenvalue weighted by Crippen LogP contribution is -2.44. The molecule has 1 aliphatic heterocycles. The van der Waals surface area contributed by atoms with Gasteiger partial charge in [-0.2, -0.15) is 0 Å². The van der Waals surface area contributed by atoms with Gasteiger partial charge in [-0.15, -0.1) is 0 Å². The summed E-state index contributed by atoms with van der Waals surface area (Å²) in [6.45, 7) is 7.11. The summed E-state index contributed by atoms with van der Waals surface area (Å²) in [5.41, 5.74) is -0.438. The van der Waals surface area contributed by atoms with Crippen LogP contribution in [0.5, 0.6) is 0 Å². The van der Waals surface area contributed by atoms with Crippen molar-refractivity contribution in [2.75, 3.05) is 19.7 Å². The standard InChI is InChI=1S/C18H32N2O4/c1-17(2,3)24-16(23)19-14-12-20(13-18(14)9-10-18)15(22)8-6-4-5-7-11-21/h14,21H,4-13H2,1-3H3,(H,19,23)/t14-/m0/s1. The first-order valence-electron chi connectivity index (χ1n) is 9.14. The van der Waals surface area contributed by atoms with Crippen LogP contribution < -0.4 is 5.32 Å². The van der Waals surface area contributed by atoms with Gasteiger partial charge in [-0.25, -0.2) is 4.79 Å². The average molecular weight is 340 g/mol. The van der Waals surface area contributed by atoms with E-state index in [1.54, 1.807) is 0 Å². The minimum absolute atomic E-state index is 0.00527. The van der Waals surface area contributed by atoms with Crippen LogP contribution in [0.2, 0.25) is 0 Å². The highest BCUT2D eigenvalue weighted by molar-refractivity contribution is 5.77. The number of amides is 2. The molecule has 1 spiro atoms. The number of carbonyl (C=O) groups excluding carboxylic acids is 2. The lowest BCUT2D eigenvalue weighted by molar-refractivity contribution is -0.130. The minimum Gasteiger partial charge on any atom is -0.444 e. The Morgan fingerprint density at radius 3 is 2.46 bits per heavy atom. The van der Waals surface area contributed by atoms with Crippen molar-refractivity contribution in [2.45, 2.75) is 77.4 Å². The highest BCUT2D eigenvalue weighted by atomic mass is 16.6. The molecule has 6 heteroatoms. The number of nitrogens with one attached hydrogen (secondary N) is 1. The van der Waals surface area contributed by atoms with E-state index in [0.29, 0.717) is 13.0 Å². The fourth-order valence-corrected chi connectivity index (χ4v) is 3.37. The van der Waals surface area contributed by atoms with E-state index in [4.69, 9.17) is 9.84 Å². The molecule has 2 rings (SSSR count). The zero-order valence-electron chi connectivity index (χ0n) is 15.3. The van der Waals surface area contributed by atoms with Crippen LogP contribution in [0.1, 0.15) is 65.7 Å². The molecule has 1 aliphatic carbocycles. The van der Waals surface area contributed by atoms with Gasteiger partial charge >= 0.3 is 6.09 Å². The highest BCUT2D eigenvalue weighted by Crippen LogP contribution is 2.53. The van der Waals surface area contributed by atoms with Crippen LogP contribution in [0, 0.1) is 5.41 Å². The van der Waals surface area contributed by atoms with Gasteiger partial charge in [0, 0.05) is 31.5 Å². The molecule has 6 nitrogen and oxygen atoms in total. The number of carbonyl (C=O) groups is 2. The van der Waals surface area contributed by atoms with Gasteiger partial charge in [0.1, 0.15) is 5.60 Å². The van der Waals surface area contributed by atoms with Gasteiger partial charge in [-0.1, -0.05) is 12.8 Å². The summed E-state index contributed by atoms with van der Waals surface area (Å²) in [5, 5.41) is 11.7. The van der Waals surface area contributed by atoms with Crippen LogP contribution in [0.15, 0.2) is 0 Å². The maximum absolute atomic E-state index is 12.4. The predicted octanol–water partition coefficient (Wildman–Crippen LogP) is 2.44. The Morgan fingerprint density at radius 2 is 1.88 bits per heavy atom. The number of likely N-dealkylation sites (tertiary alicyclic amines) is 1. The normalized spacial score (nSPS) is 21.8. The molecule has 0 aromatic heterocycles. The van der Waals surface area contributed by atoms with Gasteiger partial charge in [0.25, 0.3) is 0 Å². The Kier molecular flexibility index (Phi) is 6.12. The van der Waals surface area contributed by atoms with Gasteiger partial charge in [0.2, 0.25) is 5.91 Å². The van der Waals surface area contributed by atoms with Crippen LogP contribution in [0.4, 0.5) is 4.79 Å². The molecule has 138 valence electrons. The number of unbranched alkanes of at least 4 members (excludes halogenated alkanes) is 3. The molecule has 2 N–H and O–H groups in total. The molecule has 2 amide bonds. The average Bonchev–Trinajstić information content (AvgIpc) is 3.15. The molecule has 1 saturated carbocycles. The first-order valence-corrected chi connectivity index (χ1v) is 9.14. The number of rotatable bonds is 7. The van der Waals surface area contributed by atoms with Crippen molar-refractivity contribution in [2.24, 2.45) is 5.41 Å². The van der Waals surface area contributed by atoms with Gasteiger partial charge < -0.3 is 20.1 Å². The Balaban J connectivity index is 1.78. The topological polar surface area (TPSA) is 78.9 Å². The summed E-state index contributed by atoms with van der Waals surface area (Å²) >= 11 is 0. The van der Waals surface area contributed by atoms with Gasteiger partial charge in [-0.05, 0) is 46.5 Å². The number of hydrogen-bond donors (Lipinski definition) is 2. The van der Waals surface area contributed by atoms with Crippen LogP contribution in [-0.4, -0.2) is 53.3 Å². The summed E-state index contributed by atoms with van der Waals surface area (Å²) < 4.78 is 5.34. The molecule has 1 heterocycles. The molecule has 1 atom stereocenters. The van der Waals surface area contributed by atoms with Crippen molar-refractivity contribution in [1.29, 1.82) is 0 Å². The van der Waals surface area contributed by atoms with Crippen molar-refractivity contribution < 1.29 is 19.4 Å². The van der Waals surface area contributed by atoms with Crippen molar-refractivity contribution >= 4 is 12.0 Å². The fourth-order valence-electron chi connectivity index (χ4n) is 3.37. The molecule has 0 unspecified atom stereocenters. The van der Waals surface area contributed by atoms with Crippen LogP contribution in [-0.2, 0) is 9.53 Å². The fraction of sp³-hybridized carbons (Fsp3) is 0.889. The first-order chi connectivity index (χ1) is 11.3. The van der Waals surface area contributed by atoms with Crippen molar-refractivity contribution in [3.63, 3.8) is 0 Å². The molecular weight excluding hydrogens is 308 g/mol. The van der Waals surface area contributed by atoms with Crippen LogP contribution in [0.25, 0.3) is 0 Å². The molecule has 2 aliphatic rings. The number of alkyl carbamates (subject to hydrolysis) is 1. The predicted molar refractivity (Wildman–Crippen MR) is 91.6 cm³/mol. The van der Waals surface area contributed by atoms with E-state index >= 15 is 0 Å². The molecular formula is C18H32N2O4. The number of nitrogens with zero attached hydrogens (tertiary/aromatic N) is 1. The molecule has 24 heavy (non-hydrogen) atoms. The van der Waals surface area contributed by atoms with E-state index in [0.717, 1.165) is 45.1 Å². The minimum atomic E-state index is -0.510. The second-order valence-electron chi connectivity index (χ2n) is 8.22. The largest absolute Gasteiger partial charge is 0.444 e. The number of aliphatic hydroxyl groups is 1. The highest BCUT2D eigenvalue weighted by Gasteiger charge is 2.56. The number of ether oxygens (including phenoxy) is 1. The van der Waals surface area contributed by atoms with E-state index in [2.05, 4.69) is 5.32 Å². The third-order valence-corrected chi connectivity index (χ3v) is 4.88. The Labute approximate surface area is 144 Å². The molecule has 0 radical (unpaired) electrons. The summed E-state index contributed by atoms with van der Waals surface area (Å²) in [6, 6.07) is 0.00527. The van der Waals surface area contributed by atoms with E-state index in [1.165, 1.54) is 0 Å². The SMILES string of the molecule is CC(C)(C)OC(=O)N[C@H]1CN(C(=O)CCCCCCO)CC12CC2. The van der Waals surface area contributed by atoms with E-state index in [1.807, 2.05) is 25.7 Å². The quantitative estimate of drug-likeness (QED) is 0.698. The smallest absolute Gasteiger partial charge is 0.407 e. The first kappa shape index (κ1) is 19.0. The van der Waals surface area contributed by atoms with E-state index in [-0.39, 0.29) is 24.0 Å². The lowest BCUT2D eigenvalue weighted by Gasteiger charge is -2.23. The van der Waals surface area contributed by atoms with E-state index < -0.39 is 11.7 Å². The second kappa shape index (κ2) is 7.72. The molecule has 2 fully saturated rings. The monoisotopic (exact) mass is 340 g/mol. The summed E-state index contributed by atoms with van der Waals surface area (Å²) in [7, 11) is 0. The summed E-state index contributed by atoms with van der Waals surface area (Å²) in [6.07, 6.45) is 5.91. The summed E-state index contributed by atoms with van der Waals surface area (Å²) in [5.74, 6) is 0.179. The molecule has 0 aromatic rings. The number of aliphatic hydroxyl groups excluding tert-OH is 1.